The number of nitrogens with two attached hydrogens (primary N) is 1. The summed E-state index contributed by atoms with van der Waals surface area (Å²) >= 11 is 5.09. The van der Waals surface area contributed by atoms with E-state index in [0.717, 1.165) is 51.5 Å². The van der Waals surface area contributed by atoms with Gasteiger partial charge < -0.3 is 11.1 Å². The molecule has 0 amide bonds. The zero-order chi connectivity index (χ0) is 23.9. The smallest absolute Gasteiger partial charge is 0.224 e. The summed E-state index contributed by atoms with van der Waals surface area (Å²) in [5, 5.41) is 28.3. The molecule has 1 aromatic carbocycles. The highest BCUT2D eigenvalue weighted by molar-refractivity contribution is 9.10. The third-order valence-electron chi connectivity index (χ3n) is 6.09. The van der Waals surface area contributed by atoms with Crippen molar-refractivity contribution in [2.45, 2.75) is 57.5 Å². The summed E-state index contributed by atoms with van der Waals surface area (Å²) < 4.78 is 2.48. The van der Waals surface area contributed by atoms with Crippen molar-refractivity contribution in [1.82, 2.24) is 29.9 Å². The second-order valence-electron chi connectivity index (χ2n) is 9.00. The molecule has 11 heteroatoms. The van der Waals surface area contributed by atoms with E-state index in [1.807, 2.05) is 25.1 Å². The van der Waals surface area contributed by atoms with Gasteiger partial charge in [0.15, 0.2) is 5.65 Å². The fraction of sp³-hybridized carbons (Fsp3) is 0.391. The molecule has 4 aromatic rings. The van der Waals surface area contributed by atoms with Crippen LogP contribution in [0.3, 0.4) is 0 Å². The molecule has 0 radical (unpaired) electrons. The number of halogens is 1. The van der Waals surface area contributed by atoms with Gasteiger partial charge >= 0.3 is 0 Å². The van der Waals surface area contributed by atoms with E-state index in [0.29, 0.717) is 29.0 Å². The number of benzene rings is 1. The predicted molar refractivity (Wildman–Crippen MR) is 136 cm³/mol. The number of nitrogens with zero attached hydrogens (tertiary/aromatic N) is 7. The Labute approximate surface area is 209 Å². The van der Waals surface area contributed by atoms with Gasteiger partial charge in [-0.3, -0.25) is 0 Å². The third-order valence-corrected chi connectivity index (χ3v) is 7.54. The molecule has 3 heterocycles. The number of anilines is 1. The Morgan fingerprint density at radius 2 is 2.24 bits per heavy atom. The van der Waals surface area contributed by atoms with Crippen molar-refractivity contribution in [3.63, 3.8) is 0 Å². The van der Waals surface area contributed by atoms with Crippen LogP contribution < -0.4 is 11.1 Å². The fourth-order valence-corrected chi connectivity index (χ4v) is 5.61. The van der Waals surface area contributed by atoms with Crippen LogP contribution in [-0.2, 0) is 6.42 Å². The van der Waals surface area contributed by atoms with Crippen molar-refractivity contribution in [2.75, 3.05) is 5.32 Å². The van der Waals surface area contributed by atoms with E-state index in [-0.39, 0.29) is 11.6 Å². The van der Waals surface area contributed by atoms with Crippen molar-refractivity contribution in [3.8, 4) is 22.3 Å². The molecule has 3 N–H and O–H groups in total. The molecule has 5 rings (SSSR count). The van der Waals surface area contributed by atoms with E-state index in [1.165, 1.54) is 0 Å². The van der Waals surface area contributed by atoms with Crippen LogP contribution in [0, 0.1) is 18.3 Å². The van der Waals surface area contributed by atoms with Crippen LogP contribution >= 0.6 is 27.3 Å². The van der Waals surface area contributed by atoms with Gasteiger partial charge in [-0.2, -0.15) is 15.3 Å². The molecular weight excluding hydrogens is 514 g/mol. The standard InChI is InChI=1S/C23H24BrN9S/c1-13-30-31-21(34-13)17-6-5-16(10-14(17)4-3-9-25)33-20-18(19(24)32-33)12-27-22(29-20)28-15-7-8-23(2,26)11-15/h5-6,10,12,15H,3-4,7-8,11,26H2,1-2H3,(H,27,28,29)/t15-,23-/m1/s1. The van der Waals surface area contributed by atoms with Gasteiger partial charge in [0, 0.05) is 29.8 Å². The second-order valence-corrected chi connectivity index (χ2v) is 10.9. The summed E-state index contributed by atoms with van der Waals surface area (Å²) in [4.78, 5) is 9.30. The van der Waals surface area contributed by atoms with Crippen LogP contribution in [0.15, 0.2) is 29.0 Å². The van der Waals surface area contributed by atoms with Crippen LogP contribution in [-0.4, -0.2) is 41.5 Å². The Balaban J connectivity index is 1.53. The Morgan fingerprint density at radius 3 is 2.94 bits per heavy atom. The predicted octanol–water partition coefficient (Wildman–Crippen LogP) is 4.54. The van der Waals surface area contributed by atoms with Crippen molar-refractivity contribution < 1.29 is 0 Å². The molecule has 0 aliphatic heterocycles. The SMILES string of the molecule is Cc1nnc(-c2ccc(-n3nc(Br)c4cnc(N[C@@H]5CC[C@@](C)(N)C5)nc43)cc2CCC#N)s1. The van der Waals surface area contributed by atoms with E-state index in [2.05, 4.69) is 54.5 Å². The number of rotatable bonds is 6. The number of aryl methyl sites for hydroxylation is 2. The Bertz CT molecular complexity index is 1400. The maximum Gasteiger partial charge on any atom is 0.224 e. The quantitative estimate of drug-likeness (QED) is 0.366. The summed E-state index contributed by atoms with van der Waals surface area (Å²) in [6.07, 6.45) is 5.65. The summed E-state index contributed by atoms with van der Waals surface area (Å²) in [6, 6.07) is 8.55. The van der Waals surface area contributed by atoms with Gasteiger partial charge in [0.05, 0.1) is 17.1 Å². The van der Waals surface area contributed by atoms with Crippen LogP contribution in [0.2, 0.25) is 0 Å². The summed E-state index contributed by atoms with van der Waals surface area (Å²) in [7, 11) is 0. The summed E-state index contributed by atoms with van der Waals surface area (Å²) in [5.41, 5.74) is 9.70. The minimum absolute atomic E-state index is 0.153. The normalized spacial score (nSPS) is 20.0. The van der Waals surface area contributed by atoms with Crippen LogP contribution in [0.4, 0.5) is 5.95 Å². The zero-order valence-corrected chi connectivity index (χ0v) is 21.3. The molecule has 1 fully saturated rings. The molecular formula is C23H24BrN9S. The molecule has 2 atom stereocenters. The number of hydrogen-bond donors (Lipinski definition) is 2. The Hall–Kier alpha value is -2.94. The zero-order valence-electron chi connectivity index (χ0n) is 18.9. The molecule has 0 spiro atoms. The lowest BCUT2D eigenvalue weighted by molar-refractivity contribution is 0.482. The number of hydrogen-bond acceptors (Lipinski definition) is 9. The van der Waals surface area contributed by atoms with Crippen molar-refractivity contribution in [1.29, 1.82) is 5.26 Å². The molecule has 34 heavy (non-hydrogen) atoms. The highest BCUT2D eigenvalue weighted by atomic mass is 79.9. The van der Waals surface area contributed by atoms with Gasteiger partial charge in [-0.1, -0.05) is 11.3 Å². The Morgan fingerprint density at radius 1 is 1.38 bits per heavy atom. The molecule has 174 valence electrons. The number of nitrogens with one attached hydrogen (secondary N) is 1. The minimum atomic E-state index is -0.153. The van der Waals surface area contributed by atoms with Gasteiger partial charge in [-0.05, 0) is 79.2 Å². The lowest BCUT2D eigenvalue weighted by Crippen LogP contribution is -2.34. The maximum absolute atomic E-state index is 9.17. The van der Waals surface area contributed by atoms with E-state index in [9.17, 15) is 5.26 Å². The molecule has 0 unspecified atom stereocenters. The molecule has 9 nitrogen and oxygen atoms in total. The highest BCUT2D eigenvalue weighted by Gasteiger charge is 2.31. The first-order valence-corrected chi connectivity index (χ1v) is 12.7. The number of aromatic nitrogens is 6. The van der Waals surface area contributed by atoms with Crippen molar-refractivity contribution in [2.24, 2.45) is 5.73 Å². The van der Waals surface area contributed by atoms with Crippen molar-refractivity contribution >= 4 is 44.2 Å². The number of nitriles is 1. The average molecular weight is 538 g/mol. The van der Waals surface area contributed by atoms with Gasteiger partial charge in [-0.15, -0.1) is 10.2 Å². The van der Waals surface area contributed by atoms with Crippen molar-refractivity contribution in [3.05, 3.63) is 39.6 Å². The van der Waals surface area contributed by atoms with E-state index < -0.39 is 0 Å². The van der Waals surface area contributed by atoms with E-state index >= 15 is 0 Å². The molecule has 3 aromatic heterocycles. The maximum atomic E-state index is 9.17. The molecule has 1 aliphatic rings. The molecule has 0 bridgehead atoms. The summed E-state index contributed by atoms with van der Waals surface area (Å²) in [6.45, 7) is 4.02. The van der Waals surface area contributed by atoms with Crippen LogP contribution in [0.1, 0.15) is 43.2 Å². The topological polar surface area (TPSA) is 131 Å². The van der Waals surface area contributed by atoms with Gasteiger partial charge in [0.1, 0.15) is 14.6 Å². The van der Waals surface area contributed by atoms with Gasteiger partial charge in [0.2, 0.25) is 5.95 Å². The Kier molecular flexibility index (Phi) is 6.06. The lowest BCUT2D eigenvalue weighted by Gasteiger charge is -2.18. The molecule has 1 aliphatic carbocycles. The third kappa shape index (κ3) is 4.53. The highest BCUT2D eigenvalue weighted by Crippen LogP contribution is 2.32. The first-order chi connectivity index (χ1) is 16.3. The van der Waals surface area contributed by atoms with Gasteiger partial charge in [0.25, 0.3) is 0 Å². The second kappa shape index (κ2) is 9.02. The van der Waals surface area contributed by atoms with Gasteiger partial charge in [-0.25, -0.2) is 9.67 Å². The number of fused-ring (bicyclic) bond motifs is 1. The van der Waals surface area contributed by atoms with E-state index in [4.69, 9.17) is 10.7 Å². The minimum Gasteiger partial charge on any atom is -0.351 e. The lowest BCUT2D eigenvalue weighted by atomic mass is 10.0. The van der Waals surface area contributed by atoms with E-state index in [1.54, 1.807) is 22.2 Å². The first kappa shape index (κ1) is 22.8. The van der Waals surface area contributed by atoms with Crippen LogP contribution in [0.25, 0.3) is 27.3 Å². The largest absolute Gasteiger partial charge is 0.351 e. The summed E-state index contributed by atoms with van der Waals surface area (Å²) in [5.74, 6) is 0.564. The fourth-order valence-electron chi connectivity index (χ4n) is 4.42. The first-order valence-electron chi connectivity index (χ1n) is 11.1. The monoisotopic (exact) mass is 537 g/mol. The average Bonchev–Trinajstić information content (AvgIpc) is 3.49. The molecule has 1 saturated carbocycles. The molecule has 0 saturated heterocycles. The van der Waals surface area contributed by atoms with Crippen LogP contribution in [0.5, 0.6) is 0 Å².